The summed E-state index contributed by atoms with van der Waals surface area (Å²) in [4.78, 5) is 0. The zero-order valence-electron chi connectivity index (χ0n) is 16.8. The molecule has 3 rings (SSSR count). The summed E-state index contributed by atoms with van der Waals surface area (Å²) in [6, 6.07) is 15.0. The van der Waals surface area contributed by atoms with Crippen LogP contribution in [-0.4, -0.2) is 12.1 Å². The van der Waals surface area contributed by atoms with Crippen molar-refractivity contribution in [2.75, 3.05) is 6.54 Å². The molecule has 2 heterocycles. The Morgan fingerprint density at radius 3 is 2.63 bits per heavy atom. The van der Waals surface area contributed by atoms with Gasteiger partial charge >= 0.3 is 0 Å². The molecular formula is C24H32N3+. The molecule has 2 atom stereocenters. The van der Waals surface area contributed by atoms with Gasteiger partial charge in [-0.25, -0.2) is 0 Å². The number of aromatic nitrogens is 1. The summed E-state index contributed by atoms with van der Waals surface area (Å²) in [6.45, 7) is 11.5. The van der Waals surface area contributed by atoms with Crippen molar-refractivity contribution < 1.29 is 4.57 Å². The van der Waals surface area contributed by atoms with Crippen molar-refractivity contribution in [3.8, 4) is 11.3 Å². The Kier molecular flexibility index (Phi) is 5.36. The molecule has 142 valence electrons. The summed E-state index contributed by atoms with van der Waals surface area (Å²) in [7, 11) is 0. The monoisotopic (exact) mass is 362 g/mol. The van der Waals surface area contributed by atoms with Gasteiger partial charge in [-0.2, -0.15) is 4.57 Å². The number of pyridine rings is 1. The molecule has 27 heavy (non-hydrogen) atoms. The Morgan fingerprint density at radius 1 is 1.19 bits per heavy atom. The first kappa shape index (κ1) is 19.5. The SMILES string of the molecule is C=C1CC(C)(N)C(C)(/C(C)=C/CN)CCc2ccccc2-c2cccc[n+]21. The summed E-state index contributed by atoms with van der Waals surface area (Å²) in [5.41, 5.74) is 18.3. The predicted octanol–water partition coefficient (Wildman–Crippen LogP) is 4.08. The zero-order valence-corrected chi connectivity index (χ0v) is 16.8. The molecule has 2 unspecified atom stereocenters. The molecule has 0 amide bonds. The number of hydrogen-bond acceptors (Lipinski definition) is 2. The fourth-order valence-electron chi connectivity index (χ4n) is 4.35. The number of nitrogens with two attached hydrogens (primary N) is 2. The molecule has 0 aliphatic carbocycles. The molecule has 3 nitrogen and oxygen atoms in total. The molecule has 0 bridgehead atoms. The molecular weight excluding hydrogens is 330 g/mol. The molecule has 1 aliphatic heterocycles. The van der Waals surface area contributed by atoms with Crippen molar-refractivity contribution in [2.45, 2.75) is 45.6 Å². The first-order valence-corrected chi connectivity index (χ1v) is 9.73. The van der Waals surface area contributed by atoms with Crippen LogP contribution < -0.4 is 16.0 Å². The zero-order chi connectivity index (χ0) is 19.7. The van der Waals surface area contributed by atoms with Gasteiger partial charge in [-0.1, -0.05) is 36.8 Å². The second-order valence-corrected chi connectivity index (χ2v) is 8.23. The lowest BCUT2D eigenvalue weighted by Gasteiger charge is -2.45. The average molecular weight is 363 g/mol. The number of hydrogen-bond donors (Lipinski definition) is 2. The molecule has 0 radical (unpaired) electrons. The lowest BCUT2D eigenvalue weighted by molar-refractivity contribution is -0.572. The van der Waals surface area contributed by atoms with Gasteiger partial charge < -0.3 is 11.5 Å². The number of nitrogens with zero attached hydrogens (tertiary/aromatic N) is 1. The fraction of sp³-hybridized carbons (Fsp3) is 0.375. The molecule has 0 saturated carbocycles. The van der Waals surface area contributed by atoms with Gasteiger partial charge in [-0.15, -0.1) is 0 Å². The number of fused-ring (bicyclic) bond motifs is 3. The topological polar surface area (TPSA) is 55.9 Å². The van der Waals surface area contributed by atoms with E-state index in [4.69, 9.17) is 11.5 Å². The standard InChI is InChI=1S/C24H32N3/c1-18(13-15-25)23(3)14-12-20-9-5-6-10-21(20)22-11-7-8-16-27(22)19(2)17-24(23,4)26/h5-11,13,16H,2,12,14-15,17,25-26H2,1,3-4H3/q+1/b18-13+. The van der Waals surface area contributed by atoms with E-state index in [1.807, 2.05) is 0 Å². The molecule has 2 aromatic rings. The molecule has 1 aromatic carbocycles. The van der Waals surface area contributed by atoms with Gasteiger partial charge in [-0.3, -0.25) is 0 Å². The third kappa shape index (κ3) is 3.50. The Morgan fingerprint density at radius 2 is 1.89 bits per heavy atom. The van der Waals surface area contributed by atoms with Crippen LogP contribution in [0.4, 0.5) is 0 Å². The summed E-state index contributed by atoms with van der Waals surface area (Å²) < 4.78 is 2.19. The molecule has 4 N–H and O–H groups in total. The summed E-state index contributed by atoms with van der Waals surface area (Å²) in [5.74, 6) is 0. The summed E-state index contributed by atoms with van der Waals surface area (Å²) in [6.07, 6.45) is 6.86. The van der Waals surface area contributed by atoms with Crippen molar-refractivity contribution in [1.82, 2.24) is 0 Å². The minimum absolute atomic E-state index is 0.171. The second-order valence-electron chi connectivity index (χ2n) is 8.23. The molecule has 1 aliphatic rings. The van der Waals surface area contributed by atoms with Crippen molar-refractivity contribution in [2.24, 2.45) is 16.9 Å². The third-order valence-electron chi connectivity index (χ3n) is 6.51. The molecule has 3 heteroatoms. The number of rotatable bonds is 2. The highest BCUT2D eigenvalue weighted by molar-refractivity contribution is 5.62. The minimum Gasteiger partial charge on any atom is -0.327 e. The molecule has 0 spiro atoms. The van der Waals surface area contributed by atoms with Crippen LogP contribution in [0.15, 0.2) is 66.9 Å². The van der Waals surface area contributed by atoms with Gasteiger partial charge in [0, 0.05) is 35.2 Å². The van der Waals surface area contributed by atoms with Crippen LogP contribution in [0.2, 0.25) is 0 Å². The lowest BCUT2D eigenvalue weighted by atomic mass is 9.62. The van der Waals surface area contributed by atoms with Crippen molar-refractivity contribution in [1.29, 1.82) is 0 Å². The van der Waals surface area contributed by atoms with E-state index in [0.717, 1.165) is 18.5 Å². The highest BCUT2D eigenvalue weighted by Crippen LogP contribution is 2.45. The molecule has 0 fully saturated rings. The highest BCUT2D eigenvalue weighted by Gasteiger charge is 2.45. The normalized spacial score (nSPS) is 26.3. The maximum Gasteiger partial charge on any atom is 0.218 e. The van der Waals surface area contributed by atoms with Gasteiger partial charge in [0.2, 0.25) is 5.69 Å². The van der Waals surface area contributed by atoms with E-state index in [2.05, 4.69) is 86.7 Å². The fourth-order valence-corrected chi connectivity index (χ4v) is 4.35. The second kappa shape index (κ2) is 7.41. The van der Waals surface area contributed by atoms with E-state index in [1.165, 1.54) is 22.4 Å². The van der Waals surface area contributed by atoms with E-state index in [1.54, 1.807) is 0 Å². The van der Waals surface area contributed by atoms with Crippen LogP contribution in [0.3, 0.4) is 0 Å². The third-order valence-corrected chi connectivity index (χ3v) is 6.51. The minimum atomic E-state index is -0.438. The average Bonchev–Trinajstić information content (AvgIpc) is 2.65. The number of aryl methyl sites for hydroxylation is 1. The van der Waals surface area contributed by atoms with E-state index >= 15 is 0 Å². The van der Waals surface area contributed by atoms with Crippen LogP contribution >= 0.6 is 0 Å². The Balaban J connectivity index is 2.21. The highest BCUT2D eigenvalue weighted by atomic mass is 15.0. The Labute approximate surface area is 163 Å². The van der Waals surface area contributed by atoms with E-state index in [9.17, 15) is 0 Å². The van der Waals surface area contributed by atoms with E-state index < -0.39 is 5.54 Å². The first-order chi connectivity index (χ1) is 12.8. The van der Waals surface area contributed by atoms with E-state index in [-0.39, 0.29) is 5.41 Å². The molecule has 1 aromatic heterocycles. The van der Waals surface area contributed by atoms with Crippen LogP contribution in [0, 0.1) is 5.41 Å². The van der Waals surface area contributed by atoms with Gasteiger partial charge in [0.05, 0.1) is 6.42 Å². The van der Waals surface area contributed by atoms with Crippen LogP contribution in [0.25, 0.3) is 17.0 Å². The van der Waals surface area contributed by atoms with Gasteiger partial charge in [0.1, 0.15) is 0 Å². The van der Waals surface area contributed by atoms with Crippen molar-refractivity contribution in [3.05, 3.63) is 72.5 Å². The van der Waals surface area contributed by atoms with Crippen LogP contribution in [0.1, 0.15) is 39.2 Å². The lowest BCUT2D eigenvalue weighted by Crippen LogP contribution is -2.55. The summed E-state index contributed by atoms with van der Waals surface area (Å²) >= 11 is 0. The van der Waals surface area contributed by atoms with Gasteiger partial charge in [0.15, 0.2) is 11.9 Å². The van der Waals surface area contributed by atoms with E-state index in [0.29, 0.717) is 13.0 Å². The maximum atomic E-state index is 6.99. The van der Waals surface area contributed by atoms with Gasteiger partial charge in [0.25, 0.3) is 0 Å². The maximum absolute atomic E-state index is 6.99. The van der Waals surface area contributed by atoms with Crippen molar-refractivity contribution in [3.63, 3.8) is 0 Å². The number of benzene rings is 1. The quantitative estimate of drug-likeness (QED) is 0.625. The van der Waals surface area contributed by atoms with Crippen LogP contribution in [-0.2, 0) is 6.42 Å². The largest absolute Gasteiger partial charge is 0.327 e. The molecule has 0 saturated heterocycles. The van der Waals surface area contributed by atoms with Crippen LogP contribution in [0.5, 0.6) is 0 Å². The smallest absolute Gasteiger partial charge is 0.218 e. The van der Waals surface area contributed by atoms with Gasteiger partial charge in [-0.05, 0) is 51.0 Å². The van der Waals surface area contributed by atoms with Crippen molar-refractivity contribution >= 4 is 5.70 Å². The Hall–Kier alpha value is -2.23. The predicted molar refractivity (Wildman–Crippen MR) is 114 cm³/mol. The first-order valence-electron chi connectivity index (χ1n) is 9.73. The summed E-state index contributed by atoms with van der Waals surface area (Å²) in [5, 5.41) is 0. The Bertz CT molecular complexity index is 879.